The van der Waals surface area contributed by atoms with E-state index < -0.39 is 0 Å². The lowest BCUT2D eigenvalue weighted by Gasteiger charge is -2.42. The second-order valence-corrected chi connectivity index (χ2v) is 8.28. The lowest BCUT2D eigenvalue weighted by Crippen LogP contribution is -2.53. The Morgan fingerprint density at radius 1 is 1.06 bits per heavy atom. The number of nitrogens with zero attached hydrogens (tertiary/aromatic N) is 4. The molecule has 1 atom stereocenters. The van der Waals surface area contributed by atoms with E-state index in [2.05, 4.69) is 53.4 Å². The fourth-order valence-corrected chi connectivity index (χ4v) is 4.24. The maximum atomic E-state index is 12.7. The first-order chi connectivity index (χ1) is 15.4. The Kier molecular flexibility index (Phi) is 5.99. The molecule has 1 amide bonds. The third-order valence-electron chi connectivity index (χ3n) is 5.73. The molecule has 2 heterocycles. The highest BCUT2D eigenvalue weighted by molar-refractivity contribution is 6.05. The van der Waals surface area contributed by atoms with Crippen LogP contribution in [-0.2, 0) is 4.79 Å². The zero-order valence-corrected chi connectivity index (χ0v) is 19.3. The van der Waals surface area contributed by atoms with Gasteiger partial charge in [0.2, 0.25) is 11.9 Å². The van der Waals surface area contributed by atoms with E-state index in [1.54, 1.807) is 11.1 Å². The van der Waals surface area contributed by atoms with Crippen molar-refractivity contribution >= 4 is 34.6 Å². The summed E-state index contributed by atoms with van der Waals surface area (Å²) in [7, 11) is 1.83. The molecule has 7 heteroatoms. The van der Waals surface area contributed by atoms with Gasteiger partial charge in [-0.3, -0.25) is 4.79 Å². The first-order valence-corrected chi connectivity index (χ1v) is 11.0. The second kappa shape index (κ2) is 8.86. The lowest BCUT2D eigenvalue weighted by molar-refractivity contribution is -0.119. The zero-order chi connectivity index (χ0) is 22.8. The maximum absolute atomic E-state index is 12.7. The van der Waals surface area contributed by atoms with Crippen LogP contribution < -0.4 is 20.4 Å². The van der Waals surface area contributed by atoms with Crippen LogP contribution in [0.15, 0.2) is 54.7 Å². The van der Waals surface area contributed by atoms with E-state index in [-0.39, 0.29) is 18.0 Å². The standard InChI is InChI=1S/C25H30N6O/c1-6-26-19-9-7-8-18(14-19)21-12-13-27-25(29-21)28-20-10-11-22-23(15-20)31(16(2)3)17(4)24(32)30(22)5/h7-17,26H,6H2,1-5H3,(H,27,28,29)/t17-/m1/s1. The van der Waals surface area contributed by atoms with Gasteiger partial charge in [0.15, 0.2) is 0 Å². The summed E-state index contributed by atoms with van der Waals surface area (Å²) in [5, 5.41) is 6.67. The molecular weight excluding hydrogens is 400 g/mol. The molecule has 4 rings (SSSR count). The number of nitrogens with one attached hydrogen (secondary N) is 2. The predicted octanol–water partition coefficient (Wildman–Crippen LogP) is 4.90. The van der Waals surface area contributed by atoms with Crippen molar-refractivity contribution in [3.8, 4) is 11.3 Å². The highest BCUT2D eigenvalue weighted by Crippen LogP contribution is 2.39. The molecule has 3 aromatic rings. The number of carbonyl (C=O) groups excluding carboxylic acids is 1. The molecule has 32 heavy (non-hydrogen) atoms. The van der Waals surface area contributed by atoms with Crippen molar-refractivity contribution in [3.63, 3.8) is 0 Å². The molecule has 0 fully saturated rings. The number of anilines is 5. The molecule has 0 radical (unpaired) electrons. The van der Waals surface area contributed by atoms with Gasteiger partial charge in [0.25, 0.3) is 0 Å². The molecule has 166 valence electrons. The van der Waals surface area contributed by atoms with Gasteiger partial charge in [0.05, 0.1) is 17.1 Å². The Morgan fingerprint density at radius 2 is 1.88 bits per heavy atom. The topological polar surface area (TPSA) is 73.4 Å². The van der Waals surface area contributed by atoms with Crippen molar-refractivity contribution in [2.75, 3.05) is 34.0 Å². The number of fused-ring (bicyclic) bond motifs is 1. The fraction of sp³-hybridized carbons (Fsp3) is 0.320. The van der Waals surface area contributed by atoms with Gasteiger partial charge in [-0.25, -0.2) is 9.97 Å². The molecule has 0 saturated carbocycles. The van der Waals surface area contributed by atoms with Gasteiger partial charge in [-0.05, 0) is 64.1 Å². The molecule has 0 bridgehead atoms. The van der Waals surface area contributed by atoms with Crippen LogP contribution in [0.3, 0.4) is 0 Å². The maximum Gasteiger partial charge on any atom is 0.249 e. The Bertz CT molecular complexity index is 1130. The summed E-state index contributed by atoms with van der Waals surface area (Å²) >= 11 is 0. The first-order valence-electron chi connectivity index (χ1n) is 11.0. The summed E-state index contributed by atoms with van der Waals surface area (Å²) in [5.41, 5.74) is 5.75. The number of amides is 1. The van der Waals surface area contributed by atoms with Crippen LogP contribution in [0.2, 0.25) is 0 Å². The molecule has 0 spiro atoms. The van der Waals surface area contributed by atoms with Crippen LogP contribution in [0.5, 0.6) is 0 Å². The predicted molar refractivity (Wildman–Crippen MR) is 132 cm³/mol. The largest absolute Gasteiger partial charge is 0.385 e. The smallest absolute Gasteiger partial charge is 0.249 e. The molecule has 2 aromatic carbocycles. The van der Waals surface area contributed by atoms with E-state index in [1.165, 1.54) is 0 Å². The van der Waals surface area contributed by atoms with E-state index in [0.717, 1.165) is 40.6 Å². The van der Waals surface area contributed by atoms with Gasteiger partial charge in [-0.1, -0.05) is 12.1 Å². The Hall–Kier alpha value is -3.61. The number of aromatic nitrogens is 2. The second-order valence-electron chi connectivity index (χ2n) is 8.28. The quantitative estimate of drug-likeness (QED) is 0.580. The molecule has 1 aliphatic heterocycles. The van der Waals surface area contributed by atoms with E-state index in [9.17, 15) is 4.79 Å². The fourth-order valence-electron chi connectivity index (χ4n) is 4.24. The summed E-state index contributed by atoms with van der Waals surface area (Å²) in [6, 6.07) is 16.1. The third kappa shape index (κ3) is 4.10. The number of benzene rings is 2. The first kappa shape index (κ1) is 21.6. The summed E-state index contributed by atoms with van der Waals surface area (Å²) in [6.45, 7) is 9.11. The molecule has 7 nitrogen and oxygen atoms in total. The summed E-state index contributed by atoms with van der Waals surface area (Å²) < 4.78 is 0. The summed E-state index contributed by atoms with van der Waals surface area (Å²) in [6.07, 6.45) is 1.76. The SMILES string of the molecule is CCNc1cccc(-c2ccnc(Nc3ccc4c(c3)N(C(C)C)[C@H](C)C(=O)N4C)n2)c1. The number of carbonyl (C=O) groups is 1. The lowest BCUT2D eigenvalue weighted by atomic mass is 10.0. The highest BCUT2D eigenvalue weighted by Gasteiger charge is 2.34. The van der Waals surface area contributed by atoms with Crippen LogP contribution in [0.4, 0.5) is 28.7 Å². The van der Waals surface area contributed by atoms with Gasteiger partial charge in [0.1, 0.15) is 6.04 Å². The zero-order valence-electron chi connectivity index (χ0n) is 19.3. The van der Waals surface area contributed by atoms with Crippen LogP contribution in [0, 0.1) is 0 Å². The van der Waals surface area contributed by atoms with Crippen molar-refractivity contribution < 1.29 is 4.79 Å². The van der Waals surface area contributed by atoms with Gasteiger partial charge in [-0.15, -0.1) is 0 Å². The normalized spacial score (nSPS) is 15.7. The Morgan fingerprint density at radius 3 is 2.62 bits per heavy atom. The van der Waals surface area contributed by atoms with Crippen molar-refractivity contribution in [1.29, 1.82) is 0 Å². The van der Waals surface area contributed by atoms with Crippen LogP contribution in [0.25, 0.3) is 11.3 Å². The summed E-state index contributed by atoms with van der Waals surface area (Å²) in [5.74, 6) is 0.628. The van der Waals surface area contributed by atoms with E-state index >= 15 is 0 Å². The number of likely N-dealkylation sites (N-methyl/N-ethyl adjacent to an activating group) is 1. The van der Waals surface area contributed by atoms with Gasteiger partial charge in [-0.2, -0.15) is 0 Å². The summed E-state index contributed by atoms with van der Waals surface area (Å²) in [4.78, 5) is 25.7. The number of rotatable bonds is 6. The average Bonchev–Trinajstić information content (AvgIpc) is 2.78. The Balaban J connectivity index is 1.64. The van der Waals surface area contributed by atoms with E-state index in [0.29, 0.717) is 5.95 Å². The van der Waals surface area contributed by atoms with Gasteiger partial charge in [0, 0.05) is 42.8 Å². The number of hydrogen-bond donors (Lipinski definition) is 2. The van der Waals surface area contributed by atoms with Crippen LogP contribution >= 0.6 is 0 Å². The van der Waals surface area contributed by atoms with Crippen molar-refractivity contribution in [2.45, 2.75) is 39.8 Å². The molecule has 1 aromatic heterocycles. The molecule has 0 unspecified atom stereocenters. The molecule has 0 aliphatic carbocycles. The van der Waals surface area contributed by atoms with Crippen molar-refractivity contribution in [2.24, 2.45) is 0 Å². The van der Waals surface area contributed by atoms with Crippen LogP contribution in [0.1, 0.15) is 27.7 Å². The molecular formula is C25H30N6O. The number of hydrogen-bond acceptors (Lipinski definition) is 6. The average molecular weight is 431 g/mol. The molecule has 0 saturated heterocycles. The molecule has 1 aliphatic rings. The Labute approximate surface area is 189 Å². The van der Waals surface area contributed by atoms with Crippen molar-refractivity contribution in [1.82, 2.24) is 9.97 Å². The minimum atomic E-state index is -0.216. The van der Waals surface area contributed by atoms with E-state index in [1.807, 2.05) is 50.4 Å². The van der Waals surface area contributed by atoms with Gasteiger partial charge >= 0.3 is 0 Å². The molecule has 2 N–H and O–H groups in total. The van der Waals surface area contributed by atoms with Gasteiger partial charge < -0.3 is 20.4 Å². The minimum absolute atomic E-state index is 0.0998. The van der Waals surface area contributed by atoms with E-state index in [4.69, 9.17) is 4.98 Å². The highest BCUT2D eigenvalue weighted by atomic mass is 16.2. The van der Waals surface area contributed by atoms with Crippen molar-refractivity contribution in [3.05, 3.63) is 54.7 Å². The third-order valence-corrected chi connectivity index (χ3v) is 5.73. The monoisotopic (exact) mass is 430 g/mol. The van der Waals surface area contributed by atoms with Crippen LogP contribution in [-0.4, -0.2) is 41.6 Å². The minimum Gasteiger partial charge on any atom is -0.385 e.